The van der Waals surface area contributed by atoms with E-state index in [0.29, 0.717) is 24.0 Å². The van der Waals surface area contributed by atoms with Gasteiger partial charge in [0, 0.05) is 29.9 Å². The molecule has 10 heteroatoms. The summed E-state index contributed by atoms with van der Waals surface area (Å²) in [5, 5.41) is 8.11. The van der Waals surface area contributed by atoms with E-state index < -0.39 is 0 Å². The molecule has 0 spiro atoms. The number of rotatable bonds is 4. The molecule has 0 radical (unpaired) electrons. The van der Waals surface area contributed by atoms with Crippen molar-refractivity contribution in [1.82, 2.24) is 29.2 Å². The van der Waals surface area contributed by atoms with Gasteiger partial charge in [-0.25, -0.2) is 19.4 Å². The van der Waals surface area contributed by atoms with Gasteiger partial charge in [-0.1, -0.05) is 0 Å². The van der Waals surface area contributed by atoms with Crippen molar-refractivity contribution < 1.29 is 4.79 Å². The molecule has 5 rings (SSSR count). The van der Waals surface area contributed by atoms with Crippen molar-refractivity contribution in [3.8, 4) is 5.82 Å². The summed E-state index contributed by atoms with van der Waals surface area (Å²) in [5.74, 6) is 0.620. The third kappa shape index (κ3) is 3.74. The Morgan fingerprint density at radius 1 is 1.23 bits per heavy atom. The largest absolute Gasteiger partial charge is 0.323 e. The Balaban J connectivity index is 1.30. The van der Waals surface area contributed by atoms with E-state index in [1.807, 2.05) is 0 Å². The fourth-order valence-corrected chi connectivity index (χ4v) is 5.20. The number of carbonyl (C=O) groups excluding carboxylic acids is 1. The maximum Gasteiger partial charge on any atom is 0.323 e. The Morgan fingerprint density at radius 2 is 2.13 bits per heavy atom. The van der Waals surface area contributed by atoms with E-state index in [9.17, 15) is 9.59 Å². The van der Waals surface area contributed by atoms with Crippen molar-refractivity contribution in [1.29, 1.82) is 0 Å². The summed E-state index contributed by atoms with van der Waals surface area (Å²) < 4.78 is 3.19. The molecule has 30 heavy (non-hydrogen) atoms. The van der Waals surface area contributed by atoms with Gasteiger partial charge in [-0.2, -0.15) is 5.10 Å². The van der Waals surface area contributed by atoms with Crippen LogP contribution in [0, 0.1) is 0 Å². The lowest BCUT2D eigenvalue weighted by molar-refractivity contribution is 0.199. The predicted molar refractivity (Wildman–Crippen MR) is 113 cm³/mol. The van der Waals surface area contributed by atoms with Gasteiger partial charge in [0.25, 0.3) is 5.56 Å². The molecule has 0 saturated carbocycles. The molecule has 2 aliphatic rings. The molecule has 1 unspecified atom stereocenters. The molecular formula is C20H23N7O2S. The van der Waals surface area contributed by atoms with Crippen LogP contribution in [0.3, 0.4) is 0 Å². The van der Waals surface area contributed by atoms with Crippen LogP contribution in [0.1, 0.15) is 36.3 Å². The minimum atomic E-state index is -0.182. The summed E-state index contributed by atoms with van der Waals surface area (Å²) in [6.07, 6.45) is 11.2. The average molecular weight is 426 g/mol. The van der Waals surface area contributed by atoms with Crippen LogP contribution < -0.4 is 10.9 Å². The number of imidazole rings is 1. The number of aromatic nitrogens is 5. The van der Waals surface area contributed by atoms with Crippen LogP contribution in [0.2, 0.25) is 0 Å². The summed E-state index contributed by atoms with van der Waals surface area (Å²) >= 11 is 1.58. The number of aryl methyl sites for hydroxylation is 2. The van der Waals surface area contributed by atoms with Crippen molar-refractivity contribution in [2.75, 3.05) is 11.9 Å². The third-order valence-corrected chi connectivity index (χ3v) is 6.78. The smallest absolute Gasteiger partial charge is 0.320 e. The van der Waals surface area contributed by atoms with Crippen molar-refractivity contribution >= 4 is 22.5 Å². The summed E-state index contributed by atoms with van der Waals surface area (Å²) in [5.41, 5.74) is 0.949. The third-order valence-electron chi connectivity index (χ3n) is 5.70. The molecule has 0 aromatic carbocycles. The molecule has 9 nitrogen and oxygen atoms in total. The second-order valence-electron chi connectivity index (χ2n) is 7.70. The zero-order valence-corrected chi connectivity index (χ0v) is 17.3. The second kappa shape index (κ2) is 8.02. The molecule has 3 aromatic heterocycles. The number of nitrogens with zero attached hydrogens (tertiary/aromatic N) is 6. The van der Waals surface area contributed by atoms with E-state index in [4.69, 9.17) is 0 Å². The Kier molecular flexibility index (Phi) is 5.07. The first kappa shape index (κ1) is 19.0. The lowest BCUT2D eigenvalue weighted by Crippen LogP contribution is -2.42. The minimum absolute atomic E-state index is 0.0807. The van der Waals surface area contributed by atoms with E-state index in [0.717, 1.165) is 37.8 Å². The van der Waals surface area contributed by atoms with Gasteiger partial charge in [0.1, 0.15) is 6.33 Å². The molecule has 1 atom stereocenters. The maximum absolute atomic E-state index is 12.9. The SMILES string of the molecule is O=C(Nc1nc2c(s1)CCCC2)N1CCCC1Cn1nc(-n2ccnc2)ccc1=O. The highest BCUT2D eigenvalue weighted by molar-refractivity contribution is 7.15. The Bertz CT molecular complexity index is 1080. The van der Waals surface area contributed by atoms with Crippen LogP contribution in [0.15, 0.2) is 35.6 Å². The van der Waals surface area contributed by atoms with Gasteiger partial charge in [-0.15, -0.1) is 11.3 Å². The van der Waals surface area contributed by atoms with Crippen molar-refractivity contribution in [2.24, 2.45) is 0 Å². The first-order chi connectivity index (χ1) is 14.7. The monoisotopic (exact) mass is 425 g/mol. The number of nitrogens with one attached hydrogen (secondary N) is 1. The van der Waals surface area contributed by atoms with Crippen molar-refractivity contribution in [2.45, 2.75) is 51.1 Å². The number of fused-ring (bicyclic) bond motifs is 1. The molecule has 0 bridgehead atoms. The Hall–Kier alpha value is -3.01. The van der Waals surface area contributed by atoms with Crippen LogP contribution in [0.5, 0.6) is 0 Å². The highest BCUT2D eigenvalue weighted by Crippen LogP contribution is 2.30. The highest BCUT2D eigenvalue weighted by atomic mass is 32.1. The normalized spacial score (nSPS) is 18.4. The highest BCUT2D eigenvalue weighted by Gasteiger charge is 2.30. The van der Waals surface area contributed by atoms with Crippen molar-refractivity contribution in [3.05, 3.63) is 51.8 Å². The molecule has 1 aliphatic carbocycles. The van der Waals surface area contributed by atoms with Gasteiger partial charge < -0.3 is 4.90 Å². The maximum atomic E-state index is 12.9. The molecule has 2 amide bonds. The van der Waals surface area contributed by atoms with Crippen LogP contribution >= 0.6 is 11.3 Å². The van der Waals surface area contributed by atoms with E-state index in [-0.39, 0.29) is 17.6 Å². The number of carbonyl (C=O) groups is 1. The van der Waals surface area contributed by atoms with E-state index >= 15 is 0 Å². The number of thiazole rings is 1. The van der Waals surface area contributed by atoms with Gasteiger partial charge in [0.05, 0.1) is 18.3 Å². The first-order valence-electron chi connectivity index (χ1n) is 10.3. The number of amides is 2. The summed E-state index contributed by atoms with van der Waals surface area (Å²) in [7, 11) is 0. The van der Waals surface area contributed by atoms with E-state index in [1.165, 1.54) is 22.0 Å². The fourth-order valence-electron chi connectivity index (χ4n) is 4.16. The number of anilines is 1. The van der Waals surface area contributed by atoms with Crippen LogP contribution in [-0.4, -0.2) is 47.8 Å². The zero-order valence-electron chi connectivity index (χ0n) is 16.5. The number of hydrogen-bond donors (Lipinski definition) is 1. The predicted octanol–water partition coefficient (Wildman–Crippen LogP) is 2.46. The van der Waals surface area contributed by atoms with Crippen LogP contribution in [0.4, 0.5) is 9.93 Å². The number of hydrogen-bond acceptors (Lipinski definition) is 6. The fraction of sp³-hybridized carbons (Fsp3) is 0.450. The molecule has 3 aromatic rings. The quantitative estimate of drug-likeness (QED) is 0.692. The van der Waals surface area contributed by atoms with Crippen LogP contribution in [-0.2, 0) is 19.4 Å². The second-order valence-corrected chi connectivity index (χ2v) is 8.78. The van der Waals surface area contributed by atoms with Crippen molar-refractivity contribution in [3.63, 3.8) is 0 Å². The molecule has 1 aliphatic heterocycles. The average Bonchev–Trinajstić information content (AvgIpc) is 3.50. The summed E-state index contributed by atoms with van der Waals surface area (Å²) in [4.78, 5) is 37.0. The Labute approximate surface area is 177 Å². The van der Waals surface area contributed by atoms with Crippen LogP contribution in [0.25, 0.3) is 5.82 Å². The summed E-state index contributed by atoms with van der Waals surface area (Å²) in [6.45, 7) is 1.03. The topological polar surface area (TPSA) is 97.9 Å². The molecule has 4 heterocycles. The zero-order chi connectivity index (χ0) is 20.5. The van der Waals surface area contributed by atoms with Gasteiger partial charge >= 0.3 is 6.03 Å². The van der Waals surface area contributed by atoms with Gasteiger partial charge in [0.2, 0.25) is 0 Å². The Morgan fingerprint density at radius 3 is 2.97 bits per heavy atom. The minimum Gasteiger partial charge on any atom is -0.320 e. The van der Waals surface area contributed by atoms with Gasteiger partial charge in [-0.3, -0.25) is 14.7 Å². The van der Waals surface area contributed by atoms with E-state index in [2.05, 4.69) is 20.4 Å². The molecule has 1 fully saturated rings. The first-order valence-corrected chi connectivity index (χ1v) is 11.1. The standard InChI is InChI=1S/C20H23N7O2S/c28-18-8-7-17(25-11-9-21-13-25)24-27(18)12-14-4-3-10-26(14)20(29)23-19-22-15-5-1-2-6-16(15)30-19/h7-9,11,13-14H,1-6,10,12H2,(H,22,23,29). The summed E-state index contributed by atoms with van der Waals surface area (Å²) in [6, 6.07) is 2.94. The lowest BCUT2D eigenvalue weighted by Gasteiger charge is -2.24. The molecule has 156 valence electrons. The number of urea groups is 1. The van der Waals surface area contributed by atoms with Gasteiger partial charge in [-0.05, 0) is 44.6 Å². The van der Waals surface area contributed by atoms with E-state index in [1.54, 1.807) is 45.6 Å². The van der Waals surface area contributed by atoms with Gasteiger partial charge in [0.15, 0.2) is 10.9 Å². The molecular weight excluding hydrogens is 402 g/mol. The molecule has 1 saturated heterocycles. The lowest BCUT2D eigenvalue weighted by atomic mass is 10.0. The molecule has 1 N–H and O–H groups in total. The number of likely N-dealkylation sites (tertiary alicyclic amines) is 1.